The fourth-order valence-electron chi connectivity index (χ4n) is 8.86. The van der Waals surface area contributed by atoms with Crippen molar-refractivity contribution in [3.05, 3.63) is 71.8 Å². The highest BCUT2D eigenvalue weighted by atomic mass is 16.6. The molecule has 6 atom stereocenters. The number of rotatable bonds is 35. The molecule has 11 heteroatoms. The third-order valence-electron chi connectivity index (χ3n) is 12.8. The van der Waals surface area contributed by atoms with Gasteiger partial charge >= 0.3 is 6.09 Å². The summed E-state index contributed by atoms with van der Waals surface area (Å²) in [5, 5.41) is 33.6. The second kappa shape index (κ2) is 34.0. The number of carbonyl (C=O) groups is 3. The Morgan fingerprint density at radius 3 is 1.53 bits per heavy atom. The molecule has 1 aliphatic rings. The molecule has 0 spiro atoms. The Labute approximate surface area is 386 Å². The largest absolute Gasteiger partial charge is 0.444 e. The maximum atomic E-state index is 14.5. The van der Waals surface area contributed by atoms with Crippen molar-refractivity contribution < 1.29 is 39.2 Å². The van der Waals surface area contributed by atoms with Crippen LogP contribution in [0.2, 0.25) is 0 Å². The molecular weight excluding hydrogens is 807 g/mol. The van der Waals surface area contributed by atoms with Crippen LogP contribution in [0.3, 0.4) is 0 Å². The first kappa shape index (κ1) is 55.0. The van der Waals surface area contributed by atoms with Crippen LogP contribution in [0.25, 0.3) is 0 Å². The van der Waals surface area contributed by atoms with Gasteiger partial charge in [-0.3, -0.25) is 9.59 Å². The van der Waals surface area contributed by atoms with Crippen molar-refractivity contribution in [3.8, 4) is 0 Å². The zero-order valence-corrected chi connectivity index (χ0v) is 39.8. The van der Waals surface area contributed by atoms with Crippen molar-refractivity contribution in [2.45, 2.75) is 230 Å². The minimum Gasteiger partial charge on any atom is -0.444 e. The Morgan fingerprint density at radius 1 is 0.625 bits per heavy atom. The summed E-state index contributed by atoms with van der Waals surface area (Å²) in [6.07, 6.45) is 22.1. The van der Waals surface area contributed by atoms with Gasteiger partial charge in [-0.05, 0) is 30.4 Å². The maximum absolute atomic E-state index is 14.5. The van der Waals surface area contributed by atoms with E-state index >= 15 is 0 Å². The maximum Gasteiger partial charge on any atom is 0.417 e. The molecule has 2 aromatic carbocycles. The summed E-state index contributed by atoms with van der Waals surface area (Å²) in [6.45, 7) is 3.89. The smallest absolute Gasteiger partial charge is 0.417 e. The van der Waals surface area contributed by atoms with E-state index in [-0.39, 0.29) is 31.9 Å². The average Bonchev–Trinajstić information content (AvgIpc) is 3.31. The highest BCUT2D eigenvalue weighted by molar-refractivity contribution is 5.95. The predicted octanol–water partition coefficient (Wildman–Crippen LogP) is 10.5. The van der Waals surface area contributed by atoms with E-state index in [2.05, 4.69) is 13.8 Å². The second-order valence-electron chi connectivity index (χ2n) is 18.2. The van der Waals surface area contributed by atoms with Crippen LogP contribution in [0.4, 0.5) is 4.79 Å². The van der Waals surface area contributed by atoms with Crippen molar-refractivity contribution in [1.29, 1.82) is 0 Å². The van der Waals surface area contributed by atoms with Crippen molar-refractivity contribution in [2.24, 2.45) is 5.73 Å². The quantitative estimate of drug-likeness (QED) is 0.0493. The Morgan fingerprint density at radius 2 is 1.06 bits per heavy atom. The Kier molecular flexibility index (Phi) is 29.2. The standard InChI is InChI=1S/C53H87N3O8/c1-3-5-7-9-11-13-15-16-17-18-19-20-22-24-32-38-47(58)55(39-33-25-23-21-14-12-10-8-6-4-2)52-48(50(60)49(59)46(41-57)64-52)56(53(62)63-42-44-36-30-27-31-37-44)51(61)45(54)40-43-34-28-26-29-35-43/h26-31,34-37,45-46,48-50,52,57,59-60H,3-25,32-33,38-42,54H2,1-2H3/t45-,46+,48+,49+,50+,52+/m0/s1. The summed E-state index contributed by atoms with van der Waals surface area (Å²) in [6, 6.07) is 15.3. The number of imide groups is 1. The highest BCUT2D eigenvalue weighted by Gasteiger charge is 2.53. The first-order valence-electron chi connectivity index (χ1n) is 25.5. The monoisotopic (exact) mass is 894 g/mol. The van der Waals surface area contributed by atoms with Crippen LogP contribution in [-0.4, -0.2) is 92.8 Å². The molecule has 1 heterocycles. The highest BCUT2D eigenvalue weighted by Crippen LogP contribution is 2.31. The molecule has 2 aromatic rings. The second-order valence-corrected chi connectivity index (χ2v) is 18.2. The molecule has 0 unspecified atom stereocenters. The van der Waals surface area contributed by atoms with E-state index in [1.54, 1.807) is 24.3 Å². The molecule has 0 radical (unpaired) electrons. The normalized spacial score (nSPS) is 19.0. The fraction of sp³-hybridized carbons (Fsp3) is 0.717. The van der Waals surface area contributed by atoms with Crippen LogP contribution in [0, 0.1) is 0 Å². The zero-order chi connectivity index (χ0) is 46.2. The number of amides is 3. The fourth-order valence-corrected chi connectivity index (χ4v) is 8.86. The van der Waals surface area contributed by atoms with Crippen LogP contribution in [0.1, 0.15) is 192 Å². The number of hydrogen-bond donors (Lipinski definition) is 4. The first-order valence-corrected chi connectivity index (χ1v) is 25.5. The van der Waals surface area contributed by atoms with Crippen LogP contribution in [0.5, 0.6) is 0 Å². The van der Waals surface area contributed by atoms with E-state index in [0.29, 0.717) is 18.4 Å². The third-order valence-corrected chi connectivity index (χ3v) is 12.8. The molecule has 5 N–H and O–H groups in total. The number of aliphatic hydroxyl groups excluding tert-OH is 3. The lowest BCUT2D eigenvalue weighted by Crippen LogP contribution is -2.71. The Balaban J connectivity index is 1.77. The van der Waals surface area contributed by atoms with E-state index in [1.165, 1.54) is 108 Å². The van der Waals surface area contributed by atoms with E-state index in [9.17, 15) is 29.7 Å². The molecule has 0 bridgehead atoms. The van der Waals surface area contributed by atoms with E-state index < -0.39 is 55.2 Å². The number of aliphatic hydroxyl groups is 3. The molecule has 0 saturated carbocycles. The number of ether oxygens (including phenoxy) is 2. The van der Waals surface area contributed by atoms with Gasteiger partial charge in [0.25, 0.3) is 0 Å². The summed E-state index contributed by atoms with van der Waals surface area (Å²) in [5.74, 6) is -1.08. The molecular formula is C53H87N3O8. The van der Waals surface area contributed by atoms with Crippen LogP contribution in [-0.2, 0) is 32.1 Å². The molecule has 64 heavy (non-hydrogen) atoms. The minimum absolute atomic E-state index is 0.0821. The topological polar surface area (TPSA) is 163 Å². The van der Waals surface area contributed by atoms with E-state index in [0.717, 1.165) is 55.4 Å². The van der Waals surface area contributed by atoms with Crippen LogP contribution >= 0.6 is 0 Å². The van der Waals surface area contributed by atoms with Gasteiger partial charge in [0, 0.05) is 13.0 Å². The van der Waals surface area contributed by atoms with Crippen LogP contribution < -0.4 is 5.73 Å². The van der Waals surface area contributed by atoms with Gasteiger partial charge in [0.1, 0.15) is 31.0 Å². The van der Waals surface area contributed by atoms with Crippen molar-refractivity contribution in [3.63, 3.8) is 0 Å². The third kappa shape index (κ3) is 20.9. The summed E-state index contributed by atoms with van der Waals surface area (Å²) in [7, 11) is 0. The number of unbranched alkanes of at least 4 members (excludes halogenated alkanes) is 23. The van der Waals surface area contributed by atoms with Crippen molar-refractivity contribution in [2.75, 3.05) is 13.2 Å². The minimum atomic E-state index is -1.79. The summed E-state index contributed by atoms with van der Waals surface area (Å²) in [5.41, 5.74) is 7.99. The van der Waals surface area contributed by atoms with E-state index in [1.807, 2.05) is 36.4 Å². The van der Waals surface area contributed by atoms with Crippen LogP contribution in [0.15, 0.2) is 60.7 Å². The number of nitrogens with two attached hydrogens (primary N) is 1. The number of benzene rings is 2. The zero-order valence-electron chi connectivity index (χ0n) is 39.8. The average molecular weight is 894 g/mol. The van der Waals surface area contributed by atoms with Gasteiger partial charge in [0.05, 0.1) is 12.6 Å². The summed E-state index contributed by atoms with van der Waals surface area (Å²) < 4.78 is 12.1. The molecule has 362 valence electrons. The number of nitrogens with zero attached hydrogens (tertiary/aromatic N) is 2. The van der Waals surface area contributed by atoms with Gasteiger partial charge in [-0.25, -0.2) is 9.69 Å². The molecule has 1 saturated heterocycles. The Hall–Kier alpha value is -3.35. The van der Waals surface area contributed by atoms with Gasteiger partial charge in [-0.1, -0.05) is 222 Å². The van der Waals surface area contributed by atoms with Gasteiger partial charge in [-0.2, -0.15) is 0 Å². The molecule has 11 nitrogen and oxygen atoms in total. The molecule has 3 rings (SSSR count). The molecule has 0 aromatic heterocycles. The van der Waals surface area contributed by atoms with Crippen molar-refractivity contribution in [1.82, 2.24) is 9.80 Å². The lowest BCUT2D eigenvalue weighted by Gasteiger charge is -2.49. The number of carbonyl (C=O) groups excluding carboxylic acids is 3. The molecule has 3 amide bonds. The SMILES string of the molecule is CCCCCCCCCCCCCCCCCC(=O)N(CCCCCCCCCCCC)[C@@H]1O[C@H](CO)[C@@H](O)[C@H](O)[C@H]1N(C(=O)OCc1ccccc1)C(=O)[C@@H](N)Cc1ccccc1. The molecule has 1 fully saturated rings. The summed E-state index contributed by atoms with van der Waals surface area (Å²) >= 11 is 0. The number of hydrogen-bond acceptors (Lipinski definition) is 9. The lowest BCUT2D eigenvalue weighted by molar-refractivity contribution is -0.245. The van der Waals surface area contributed by atoms with E-state index in [4.69, 9.17) is 15.2 Å². The van der Waals surface area contributed by atoms with Gasteiger partial charge in [0.2, 0.25) is 11.8 Å². The Bertz CT molecular complexity index is 1500. The first-order chi connectivity index (χ1) is 31.2. The molecule has 1 aliphatic heterocycles. The molecule has 0 aliphatic carbocycles. The van der Waals surface area contributed by atoms with Gasteiger partial charge in [0.15, 0.2) is 6.23 Å². The lowest BCUT2D eigenvalue weighted by atomic mass is 9.92. The van der Waals surface area contributed by atoms with Gasteiger partial charge < -0.3 is 35.4 Å². The summed E-state index contributed by atoms with van der Waals surface area (Å²) in [4.78, 5) is 45.5. The van der Waals surface area contributed by atoms with Gasteiger partial charge in [-0.15, -0.1) is 0 Å². The van der Waals surface area contributed by atoms with Crippen molar-refractivity contribution >= 4 is 17.9 Å². The predicted molar refractivity (Wildman–Crippen MR) is 256 cm³/mol.